The summed E-state index contributed by atoms with van der Waals surface area (Å²) in [5.41, 5.74) is 2.46. The van der Waals surface area contributed by atoms with Gasteiger partial charge in [0.25, 0.3) is 0 Å². The van der Waals surface area contributed by atoms with Gasteiger partial charge in [0, 0.05) is 30.2 Å². The first kappa shape index (κ1) is 15.0. The van der Waals surface area contributed by atoms with E-state index >= 15 is 0 Å². The largest absolute Gasteiger partial charge is 0.481 e. The molecule has 1 unspecified atom stereocenters. The Bertz CT molecular complexity index is 773. The number of aryl methyl sites for hydroxylation is 3. The normalized spacial score (nSPS) is 12.4. The Balaban J connectivity index is 2.79. The van der Waals surface area contributed by atoms with Gasteiger partial charge < -0.3 is 5.11 Å². The molecule has 0 saturated heterocycles. The van der Waals surface area contributed by atoms with Crippen molar-refractivity contribution in [2.45, 2.75) is 33.6 Å². The van der Waals surface area contributed by atoms with E-state index in [-0.39, 0.29) is 0 Å². The van der Waals surface area contributed by atoms with Crippen LogP contribution in [0, 0.1) is 20.8 Å². The van der Waals surface area contributed by atoms with E-state index in [2.05, 4.69) is 10.1 Å². The zero-order valence-corrected chi connectivity index (χ0v) is 12.7. The summed E-state index contributed by atoms with van der Waals surface area (Å²) in [6, 6.07) is 0. The number of aliphatic carboxylic acids is 1. The quantitative estimate of drug-likeness (QED) is 0.913. The summed E-state index contributed by atoms with van der Waals surface area (Å²) in [6.07, 6.45) is 1.72. The molecule has 0 aliphatic heterocycles. The van der Waals surface area contributed by atoms with E-state index in [1.807, 2.05) is 0 Å². The van der Waals surface area contributed by atoms with Crippen LogP contribution < -0.4 is 5.69 Å². The van der Waals surface area contributed by atoms with Crippen LogP contribution in [0.1, 0.15) is 35.5 Å². The van der Waals surface area contributed by atoms with Crippen molar-refractivity contribution in [2.24, 2.45) is 7.05 Å². The minimum Gasteiger partial charge on any atom is -0.481 e. The van der Waals surface area contributed by atoms with Gasteiger partial charge in [-0.15, -0.1) is 0 Å². The third-order valence-electron chi connectivity index (χ3n) is 3.60. The molecule has 0 radical (unpaired) electrons. The van der Waals surface area contributed by atoms with Gasteiger partial charge in [0.05, 0.1) is 17.3 Å². The lowest BCUT2D eigenvalue weighted by Crippen LogP contribution is -2.28. The van der Waals surface area contributed by atoms with Crippen LogP contribution in [-0.2, 0) is 11.8 Å². The number of carboxylic acid groups (broad SMARTS) is 1. The van der Waals surface area contributed by atoms with Crippen molar-refractivity contribution in [3.63, 3.8) is 0 Å². The maximum absolute atomic E-state index is 12.2. The summed E-state index contributed by atoms with van der Waals surface area (Å²) in [4.78, 5) is 27.5. The molecule has 7 heteroatoms. The van der Waals surface area contributed by atoms with Gasteiger partial charge in [-0.3, -0.25) is 14.0 Å². The second-order valence-electron chi connectivity index (χ2n) is 5.15. The Hall–Kier alpha value is -2.44. The molecular formula is C14H18N4O3. The van der Waals surface area contributed by atoms with Crippen molar-refractivity contribution in [2.75, 3.05) is 0 Å². The molecule has 2 rings (SSSR count). The second-order valence-corrected chi connectivity index (χ2v) is 5.15. The fourth-order valence-corrected chi connectivity index (χ4v) is 2.62. The van der Waals surface area contributed by atoms with E-state index in [4.69, 9.17) is 0 Å². The molecule has 112 valence electrons. The fourth-order valence-electron chi connectivity index (χ4n) is 2.62. The third-order valence-corrected chi connectivity index (χ3v) is 3.60. The molecule has 2 aromatic rings. The lowest BCUT2D eigenvalue weighted by molar-refractivity contribution is -0.138. The molecular weight excluding hydrogens is 272 g/mol. The minimum atomic E-state index is -0.948. The predicted molar refractivity (Wildman–Crippen MR) is 76.9 cm³/mol. The first-order chi connectivity index (χ1) is 9.73. The van der Waals surface area contributed by atoms with E-state index in [0.717, 1.165) is 0 Å². The van der Waals surface area contributed by atoms with Crippen molar-refractivity contribution in [3.05, 3.63) is 39.3 Å². The molecule has 0 bridgehead atoms. The van der Waals surface area contributed by atoms with Gasteiger partial charge in [0.1, 0.15) is 0 Å². The smallest absolute Gasteiger partial charge is 0.352 e. The van der Waals surface area contributed by atoms with Gasteiger partial charge in [0.15, 0.2) is 0 Å². The Morgan fingerprint density at radius 1 is 1.29 bits per heavy atom. The highest BCUT2D eigenvalue weighted by Gasteiger charge is 2.23. The summed E-state index contributed by atoms with van der Waals surface area (Å²) < 4.78 is 3.03. The van der Waals surface area contributed by atoms with Crippen LogP contribution in [0.5, 0.6) is 0 Å². The van der Waals surface area contributed by atoms with Crippen LogP contribution in [0.15, 0.2) is 11.0 Å². The molecule has 0 spiro atoms. The fraction of sp³-hybridized carbons (Fsp3) is 0.429. The Labute approximate surface area is 121 Å². The van der Waals surface area contributed by atoms with Crippen molar-refractivity contribution < 1.29 is 9.90 Å². The summed E-state index contributed by atoms with van der Waals surface area (Å²) in [5.74, 6) is -1.68. The Morgan fingerprint density at radius 2 is 1.90 bits per heavy atom. The highest BCUT2D eigenvalue weighted by atomic mass is 16.4. The molecule has 21 heavy (non-hydrogen) atoms. The molecule has 1 atom stereocenters. The van der Waals surface area contributed by atoms with Crippen LogP contribution >= 0.6 is 0 Å². The summed E-state index contributed by atoms with van der Waals surface area (Å²) in [7, 11) is 1.76. The molecule has 2 heterocycles. The minimum absolute atomic E-state index is 0.428. The molecule has 0 fully saturated rings. The van der Waals surface area contributed by atoms with Crippen molar-refractivity contribution in [1.29, 1.82) is 0 Å². The van der Waals surface area contributed by atoms with E-state index in [0.29, 0.717) is 28.3 Å². The van der Waals surface area contributed by atoms with Crippen LogP contribution in [0.2, 0.25) is 0 Å². The number of aromatic nitrogens is 4. The van der Waals surface area contributed by atoms with Crippen LogP contribution in [-0.4, -0.2) is 30.4 Å². The topological polar surface area (TPSA) is 90.0 Å². The van der Waals surface area contributed by atoms with Crippen LogP contribution in [0.4, 0.5) is 0 Å². The second kappa shape index (κ2) is 5.16. The highest BCUT2D eigenvalue weighted by Crippen LogP contribution is 2.23. The standard InChI is InChI=1S/C14H18N4O3/c1-7(13(19)20)12-9(3)15-14(21)18(10(12)4)11-6-17(5)16-8(11)2/h6-7H,1-5H3,(H,19,20). The van der Waals surface area contributed by atoms with E-state index < -0.39 is 17.6 Å². The van der Waals surface area contributed by atoms with Gasteiger partial charge in [0.2, 0.25) is 0 Å². The number of nitrogens with zero attached hydrogens (tertiary/aromatic N) is 4. The zero-order chi connectivity index (χ0) is 15.9. The van der Waals surface area contributed by atoms with Crippen molar-refractivity contribution in [3.8, 4) is 5.69 Å². The first-order valence-electron chi connectivity index (χ1n) is 6.57. The first-order valence-corrected chi connectivity index (χ1v) is 6.57. The van der Waals surface area contributed by atoms with Crippen molar-refractivity contribution >= 4 is 5.97 Å². The van der Waals surface area contributed by atoms with Crippen LogP contribution in [0.3, 0.4) is 0 Å². The summed E-state index contributed by atoms with van der Waals surface area (Å²) in [6.45, 7) is 6.77. The van der Waals surface area contributed by atoms with Crippen LogP contribution in [0.25, 0.3) is 5.69 Å². The molecule has 1 N–H and O–H groups in total. The monoisotopic (exact) mass is 290 g/mol. The van der Waals surface area contributed by atoms with E-state index in [1.165, 1.54) is 4.57 Å². The Kier molecular flexibility index (Phi) is 3.67. The zero-order valence-electron chi connectivity index (χ0n) is 12.7. The molecule has 0 aliphatic rings. The molecule has 2 aromatic heterocycles. The third kappa shape index (κ3) is 2.46. The molecule has 0 aliphatic carbocycles. The number of hydrogen-bond donors (Lipinski definition) is 1. The molecule has 0 amide bonds. The van der Waals surface area contributed by atoms with E-state index in [9.17, 15) is 14.7 Å². The van der Waals surface area contributed by atoms with Gasteiger partial charge in [-0.2, -0.15) is 10.1 Å². The number of hydrogen-bond acceptors (Lipinski definition) is 4. The SMILES string of the molecule is Cc1nn(C)cc1-n1c(C)c(C(C)C(=O)O)c(C)nc1=O. The lowest BCUT2D eigenvalue weighted by atomic mass is 9.98. The molecule has 7 nitrogen and oxygen atoms in total. The van der Waals surface area contributed by atoms with Gasteiger partial charge in [-0.1, -0.05) is 0 Å². The van der Waals surface area contributed by atoms with Gasteiger partial charge in [-0.05, 0) is 27.7 Å². The highest BCUT2D eigenvalue weighted by molar-refractivity contribution is 5.76. The molecule has 0 aromatic carbocycles. The van der Waals surface area contributed by atoms with Crippen molar-refractivity contribution in [1.82, 2.24) is 19.3 Å². The summed E-state index contributed by atoms with van der Waals surface area (Å²) >= 11 is 0. The lowest BCUT2D eigenvalue weighted by Gasteiger charge is -2.17. The van der Waals surface area contributed by atoms with Gasteiger partial charge in [-0.25, -0.2) is 4.79 Å². The number of carboxylic acids is 1. The molecule has 0 saturated carbocycles. The maximum atomic E-state index is 12.2. The predicted octanol–water partition coefficient (Wildman–Crippen LogP) is 1.08. The maximum Gasteiger partial charge on any atom is 0.352 e. The van der Waals surface area contributed by atoms with E-state index in [1.54, 1.807) is 45.6 Å². The number of rotatable bonds is 3. The average molecular weight is 290 g/mol. The Morgan fingerprint density at radius 3 is 2.38 bits per heavy atom. The average Bonchev–Trinajstić information content (AvgIpc) is 2.67. The number of carbonyl (C=O) groups is 1. The summed E-state index contributed by atoms with van der Waals surface area (Å²) in [5, 5.41) is 13.5. The van der Waals surface area contributed by atoms with Gasteiger partial charge >= 0.3 is 11.7 Å².